The molecule has 1 aromatic rings. The highest BCUT2D eigenvalue weighted by atomic mass is 35.5. The number of anilines is 2. The zero-order valence-electron chi connectivity index (χ0n) is 13.8. The summed E-state index contributed by atoms with van der Waals surface area (Å²) < 4.78 is 0. The molecule has 0 saturated carbocycles. The van der Waals surface area contributed by atoms with Crippen molar-refractivity contribution in [2.75, 3.05) is 23.7 Å². The van der Waals surface area contributed by atoms with E-state index in [-0.39, 0.29) is 30.7 Å². The Hall–Kier alpha value is -0.970. The lowest BCUT2D eigenvalue weighted by molar-refractivity contribution is -0.120. The zero-order valence-corrected chi connectivity index (χ0v) is 15.5. The Balaban J connectivity index is 0.00000132. The molecule has 2 aliphatic rings. The van der Waals surface area contributed by atoms with E-state index in [1.165, 1.54) is 12.8 Å². The zero-order chi connectivity index (χ0) is 15.0. The van der Waals surface area contributed by atoms with E-state index in [9.17, 15) is 4.79 Å². The smallest absolute Gasteiger partial charge is 0.241 e. The molecule has 2 unspecified atom stereocenters. The van der Waals surface area contributed by atoms with Crippen LogP contribution in [0, 0.1) is 0 Å². The first-order chi connectivity index (χ1) is 10.1. The summed E-state index contributed by atoms with van der Waals surface area (Å²) in [7, 11) is 0. The number of likely N-dealkylation sites (tertiary alicyclic amines) is 1. The summed E-state index contributed by atoms with van der Waals surface area (Å²) in [5.41, 5.74) is 9.03. The molecule has 2 aliphatic heterocycles. The molecule has 0 bridgehead atoms. The van der Waals surface area contributed by atoms with Crippen molar-refractivity contribution in [3.05, 3.63) is 23.8 Å². The molecule has 3 rings (SSSR count). The summed E-state index contributed by atoms with van der Waals surface area (Å²) in [6.07, 6.45) is 4.36. The molecule has 0 aliphatic carbocycles. The fourth-order valence-electron chi connectivity index (χ4n) is 3.71. The van der Waals surface area contributed by atoms with Crippen molar-refractivity contribution in [3.63, 3.8) is 0 Å². The fourth-order valence-corrected chi connectivity index (χ4v) is 3.71. The van der Waals surface area contributed by atoms with Gasteiger partial charge in [-0.15, -0.1) is 24.8 Å². The molecule has 2 heterocycles. The van der Waals surface area contributed by atoms with Gasteiger partial charge >= 0.3 is 0 Å². The van der Waals surface area contributed by atoms with Crippen LogP contribution in [0.2, 0.25) is 0 Å². The van der Waals surface area contributed by atoms with Crippen molar-refractivity contribution < 1.29 is 4.79 Å². The van der Waals surface area contributed by atoms with Crippen LogP contribution in [0.25, 0.3) is 0 Å². The minimum absolute atomic E-state index is 0. The van der Waals surface area contributed by atoms with Gasteiger partial charge in [0.1, 0.15) is 0 Å². The van der Waals surface area contributed by atoms with Crippen LogP contribution >= 0.6 is 24.8 Å². The number of carbonyl (C=O) groups excluding carboxylic acids is 1. The lowest BCUT2D eigenvalue weighted by Crippen LogP contribution is -2.45. The van der Waals surface area contributed by atoms with Crippen LogP contribution in [-0.2, 0) is 11.2 Å². The number of nitrogens with two attached hydrogens (primary N) is 1. The molecule has 1 aromatic carbocycles. The second-order valence-electron chi connectivity index (χ2n) is 6.44. The largest absolute Gasteiger partial charge is 0.398 e. The number of carbonyl (C=O) groups is 1. The van der Waals surface area contributed by atoms with Gasteiger partial charge in [-0.3, -0.25) is 9.69 Å². The summed E-state index contributed by atoms with van der Waals surface area (Å²) in [5, 5.41) is 0. The number of nitrogen functional groups attached to an aromatic ring is 1. The van der Waals surface area contributed by atoms with Gasteiger partial charge in [-0.2, -0.15) is 0 Å². The van der Waals surface area contributed by atoms with Crippen molar-refractivity contribution in [2.24, 2.45) is 0 Å². The highest BCUT2D eigenvalue weighted by Gasteiger charge is 2.31. The minimum Gasteiger partial charge on any atom is -0.398 e. The Labute approximate surface area is 151 Å². The standard InChI is InChI=1S/C17H25N3O.2ClH/c1-12-8-9-13(2)20(12)11-17(21)19-10-4-5-14-15(18)6-3-7-16(14)19;;/h3,6-7,12-13H,4-5,8-11,18H2,1-2H3;2*1H. The molecule has 23 heavy (non-hydrogen) atoms. The highest BCUT2D eigenvalue weighted by molar-refractivity contribution is 5.96. The maximum absolute atomic E-state index is 12.8. The van der Waals surface area contributed by atoms with Gasteiger partial charge in [0.05, 0.1) is 6.54 Å². The van der Waals surface area contributed by atoms with Crippen molar-refractivity contribution in [1.82, 2.24) is 4.90 Å². The predicted octanol–water partition coefficient (Wildman–Crippen LogP) is 3.26. The van der Waals surface area contributed by atoms with Crippen LogP contribution in [0.1, 0.15) is 38.7 Å². The number of hydrogen-bond donors (Lipinski definition) is 1. The van der Waals surface area contributed by atoms with Crippen LogP contribution in [0.15, 0.2) is 18.2 Å². The molecule has 4 nitrogen and oxygen atoms in total. The molecular formula is C17H27Cl2N3O. The number of rotatable bonds is 2. The number of benzene rings is 1. The van der Waals surface area contributed by atoms with Crippen molar-refractivity contribution in [3.8, 4) is 0 Å². The van der Waals surface area contributed by atoms with Crippen LogP contribution in [0.3, 0.4) is 0 Å². The van der Waals surface area contributed by atoms with Crippen LogP contribution in [-0.4, -0.2) is 36.0 Å². The first-order valence-corrected chi connectivity index (χ1v) is 8.01. The molecular weight excluding hydrogens is 333 g/mol. The van der Waals surface area contributed by atoms with E-state index < -0.39 is 0 Å². The Bertz CT molecular complexity index is 543. The highest BCUT2D eigenvalue weighted by Crippen LogP contribution is 2.32. The Morgan fingerprint density at radius 3 is 2.52 bits per heavy atom. The summed E-state index contributed by atoms with van der Waals surface area (Å²) in [6, 6.07) is 6.92. The second kappa shape index (κ2) is 8.22. The van der Waals surface area contributed by atoms with Crippen LogP contribution in [0.5, 0.6) is 0 Å². The van der Waals surface area contributed by atoms with Gasteiger partial charge in [-0.05, 0) is 57.2 Å². The molecule has 1 fully saturated rings. The average Bonchev–Trinajstić information content (AvgIpc) is 2.79. The average molecular weight is 360 g/mol. The monoisotopic (exact) mass is 359 g/mol. The maximum Gasteiger partial charge on any atom is 0.241 e. The third kappa shape index (κ3) is 3.93. The quantitative estimate of drug-likeness (QED) is 0.824. The normalized spacial score (nSPS) is 23.7. The molecule has 2 N–H and O–H groups in total. The SMILES string of the molecule is CC1CCC(C)N1CC(=O)N1CCCc2c(N)cccc21.Cl.Cl. The maximum atomic E-state index is 12.8. The number of nitrogens with zero attached hydrogens (tertiary/aromatic N) is 2. The Morgan fingerprint density at radius 1 is 1.22 bits per heavy atom. The number of halogens is 2. The van der Waals surface area contributed by atoms with E-state index in [0.717, 1.165) is 36.3 Å². The first kappa shape index (κ1) is 20.1. The fraction of sp³-hybridized carbons (Fsp3) is 0.588. The molecule has 1 amide bonds. The number of fused-ring (bicyclic) bond motifs is 1. The van der Waals surface area contributed by atoms with Gasteiger partial charge in [0.2, 0.25) is 5.91 Å². The summed E-state index contributed by atoms with van der Waals surface area (Å²) in [6.45, 7) is 5.78. The molecule has 130 valence electrons. The van der Waals surface area contributed by atoms with Crippen LogP contribution in [0.4, 0.5) is 11.4 Å². The lowest BCUT2D eigenvalue weighted by Gasteiger charge is -2.33. The van der Waals surface area contributed by atoms with E-state index in [1.54, 1.807) is 0 Å². The van der Waals surface area contributed by atoms with Crippen molar-refractivity contribution in [1.29, 1.82) is 0 Å². The van der Waals surface area contributed by atoms with Gasteiger partial charge in [0.25, 0.3) is 0 Å². The topological polar surface area (TPSA) is 49.6 Å². The van der Waals surface area contributed by atoms with E-state index in [2.05, 4.69) is 18.7 Å². The van der Waals surface area contributed by atoms with Gasteiger partial charge in [0.15, 0.2) is 0 Å². The molecule has 1 saturated heterocycles. The number of hydrogen-bond acceptors (Lipinski definition) is 3. The third-order valence-corrected chi connectivity index (χ3v) is 5.04. The number of amides is 1. The van der Waals surface area contributed by atoms with Crippen molar-refractivity contribution >= 4 is 42.1 Å². The Morgan fingerprint density at radius 2 is 1.87 bits per heavy atom. The molecule has 0 spiro atoms. The van der Waals surface area contributed by atoms with E-state index in [1.807, 2.05) is 23.1 Å². The van der Waals surface area contributed by atoms with E-state index in [4.69, 9.17) is 5.73 Å². The van der Waals surface area contributed by atoms with E-state index in [0.29, 0.717) is 18.6 Å². The molecule has 6 heteroatoms. The lowest BCUT2D eigenvalue weighted by atomic mass is 10.00. The van der Waals surface area contributed by atoms with Crippen LogP contribution < -0.4 is 10.6 Å². The molecule has 2 atom stereocenters. The van der Waals surface area contributed by atoms with Gasteiger partial charge in [0, 0.05) is 30.0 Å². The van der Waals surface area contributed by atoms with E-state index >= 15 is 0 Å². The Kier molecular flexibility index (Phi) is 7.18. The van der Waals surface area contributed by atoms with Gasteiger partial charge in [-0.25, -0.2) is 0 Å². The third-order valence-electron chi connectivity index (χ3n) is 5.04. The summed E-state index contributed by atoms with van der Waals surface area (Å²) >= 11 is 0. The molecule has 0 aromatic heterocycles. The first-order valence-electron chi connectivity index (χ1n) is 8.01. The summed E-state index contributed by atoms with van der Waals surface area (Å²) in [4.78, 5) is 17.0. The summed E-state index contributed by atoms with van der Waals surface area (Å²) in [5.74, 6) is 0.210. The second-order valence-corrected chi connectivity index (χ2v) is 6.44. The van der Waals surface area contributed by atoms with Crippen molar-refractivity contribution in [2.45, 2.75) is 51.6 Å². The van der Waals surface area contributed by atoms with Gasteiger partial charge in [-0.1, -0.05) is 6.07 Å². The predicted molar refractivity (Wildman–Crippen MR) is 101 cm³/mol. The van der Waals surface area contributed by atoms with Gasteiger partial charge < -0.3 is 10.6 Å². The minimum atomic E-state index is 0. The molecule has 0 radical (unpaired) electrons.